The van der Waals surface area contributed by atoms with Crippen LogP contribution in [0.3, 0.4) is 0 Å². The highest BCUT2D eigenvalue weighted by molar-refractivity contribution is 5.92. The first kappa shape index (κ1) is 16.2. The fraction of sp³-hybridized carbons (Fsp3) is 0.312. The SMILES string of the molecule is O=C(c1ccc(=O)[nH]n1)N1CCCC1c1ccc(C(F)(F)F)cc1. The monoisotopic (exact) mass is 337 g/mol. The van der Waals surface area contributed by atoms with Crippen LogP contribution in [0, 0.1) is 0 Å². The zero-order valence-electron chi connectivity index (χ0n) is 12.5. The summed E-state index contributed by atoms with van der Waals surface area (Å²) in [6.07, 6.45) is -2.97. The zero-order valence-corrected chi connectivity index (χ0v) is 12.5. The van der Waals surface area contributed by atoms with Crippen molar-refractivity contribution in [2.75, 3.05) is 6.54 Å². The van der Waals surface area contributed by atoms with Gasteiger partial charge in [0.1, 0.15) is 5.69 Å². The molecule has 0 saturated carbocycles. The van der Waals surface area contributed by atoms with Crippen molar-refractivity contribution in [1.82, 2.24) is 15.1 Å². The van der Waals surface area contributed by atoms with E-state index in [1.54, 1.807) is 4.90 Å². The van der Waals surface area contributed by atoms with Crippen LogP contribution in [0.4, 0.5) is 13.2 Å². The van der Waals surface area contributed by atoms with E-state index >= 15 is 0 Å². The summed E-state index contributed by atoms with van der Waals surface area (Å²) >= 11 is 0. The molecule has 2 aromatic rings. The first-order chi connectivity index (χ1) is 11.4. The van der Waals surface area contributed by atoms with Gasteiger partial charge in [-0.1, -0.05) is 12.1 Å². The van der Waals surface area contributed by atoms with Crippen molar-refractivity contribution in [3.05, 3.63) is 63.6 Å². The summed E-state index contributed by atoms with van der Waals surface area (Å²) in [5.41, 5.74) is -0.372. The van der Waals surface area contributed by atoms with E-state index < -0.39 is 17.3 Å². The predicted octanol–water partition coefficient (Wildman–Crippen LogP) is 2.77. The Labute approximate surface area is 135 Å². The largest absolute Gasteiger partial charge is 0.416 e. The number of amides is 1. The lowest BCUT2D eigenvalue weighted by molar-refractivity contribution is -0.137. The fourth-order valence-corrected chi connectivity index (χ4v) is 2.86. The molecule has 0 radical (unpaired) electrons. The molecule has 0 bridgehead atoms. The molecule has 1 unspecified atom stereocenters. The average Bonchev–Trinajstić information content (AvgIpc) is 3.04. The van der Waals surface area contributed by atoms with Crippen molar-refractivity contribution in [1.29, 1.82) is 0 Å². The lowest BCUT2D eigenvalue weighted by Crippen LogP contribution is -2.32. The summed E-state index contributed by atoms with van der Waals surface area (Å²) in [6.45, 7) is 0.491. The molecule has 2 heterocycles. The van der Waals surface area contributed by atoms with Gasteiger partial charge in [-0.15, -0.1) is 0 Å². The highest BCUT2D eigenvalue weighted by atomic mass is 19.4. The topological polar surface area (TPSA) is 66.1 Å². The molecule has 3 rings (SSSR count). The lowest BCUT2D eigenvalue weighted by atomic mass is 10.0. The fourth-order valence-electron chi connectivity index (χ4n) is 2.86. The van der Waals surface area contributed by atoms with Crippen molar-refractivity contribution < 1.29 is 18.0 Å². The van der Waals surface area contributed by atoms with Crippen LogP contribution in [0.25, 0.3) is 0 Å². The molecule has 5 nitrogen and oxygen atoms in total. The number of benzene rings is 1. The highest BCUT2D eigenvalue weighted by Gasteiger charge is 2.33. The molecule has 0 spiro atoms. The number of likely N-dealkylation sites (tertiary alicyclic amines) is 1. The van der Waals surface area contributed by atoms with Crippen LogP contribution in [0.2, 0.25) is 0 Å². The number of aromatic amines is 1. The number of alkyl halides is 3. The Morgan fingerprint density at radius 2 is 1.88 bits per heavy atom. The molecule has 1 aliphatic rings. The third kappa shape index (κ3) is 3.17. The Morgan fingerprint density at radius 3 is 2.46 bits per heavy atom. The maximum Gasteiger partial charge on any atom is 0.416 e. The van der Waals surface area contributed by atoms with Gasteiger partial charge in [-0.3, -0.25) is 9.59 Å². The second kappa shape index (κ2) is 6.10. The molecule has 1 saturated heterocycles. The summed E-state index contributed by atoms with van der Waals surface area (Å²) in [5.74, 6) is -0.353. The Balaban J connectivity index is 1.84. The average molecular weight is 337 g/mol. The maximum atomic E-state index is 12.7. The standard InChI is InChI=1S/C16H14F3N3O2/c17-16(18,19)11-5-3-10(4-6-11)13-2-1-9-22(13)15(24)12-7-8-14(23)21-20-12/h3-8,13H,1-2,9H2,(H,21,23). The molecular weight excluding hydrogens is 323 g/mol. The van der Waals surface area contributed by atoms with Gasteiger partial charge in [0.25, 0.3) is 11.5 Å². The highest BCUT2D eigenvalue weighted by Crippen LogP contribution is 2.35. The molecule has 8 heteroatoms. The smallest absolute Gasteiger partial charge is 0.330 e. The van der Waals surface area contributed by atoms with E-state index in [9.17, 15) is 22.8 Å². The van der Waals surface area contributed by atoms with Crippen LogP contribution >= 0.6 is 0 Å². The van der Waals surface area contributed by atoms with Gasteiger partial charge >= 0.3 is 6.18 Å². The van der Waals surface area contributed by atoms with Gasteiger partial charge in [-0.25, -0.2) is 5.10 Å². The van der Waals surface area contributed by atoms with E-state index in [1.165, 1.54) is 24.3 Å². The number of carbonyl (C=O) groups excluding carboxylic acids is 1. The second-order valence-electron chi connectivity index (χ2n) is 5.58. The molecule has 1 aromatic carbocycles. The van der Waals surface area contributed by atoms with Gasteiger partial charge < -0.3 is 4.90 Å². The molecule has 1 aliphatic heterocycles. The van der Waals surface area contributed by atoms with Gasteiger partial charge in [0.15, 0.2) is 0 Å². The van der Waals surface area contributed by atoms with E-state index in [-0.39, 0.29) is 17.6 Å². The summed E-state index contributed by atoms with van der Waals surface area (Å²) in [6, 6.07) is 7.10. The normalized spacial score (nSPS) is 18.0. The number of H-pyrrole nitrogens is 1. The number of hydrogen-bond acceptors (Lipinski definition) is 3. The van der Waals surface area contributed by atoms with Crippen molar-refractivity contribution in [2.45, 2.75) is 25.1 Å². The van der Waals surface area contributed by atoms with Crippen molar-refractivity contribution in [3.63, 3.8) is 0 Å². The van der Waals surface area contributed by atoms with Gasteiger partial charge in [-0.05, 0) is 36.6 Å². The van der Waals surface area contributed by atoms with E-state index in [4.69, 9.17) is 0 Å². The van der Waals surface area contributed by atoms with E-state index in [1.807, 2.05) is 0 Å². The second-order valence-corrected chi connectivity index (χ2v) is 5.58. The molecular formula is C16H14F3N3O2. The van der Waals surface area contributed by atoms with Crippen LogP contribution in [-0.2, 0) is 6.18 Å². The molecule has 1 N–H and O–H groups in total. The summed E-state index contributed by atoms with van der Waals surface area (Å²) in [5, 5.41) is 5.92. The molecule has 1 amide bonds. The minimum atomic E-state index is -4.39. The number of halogens is 3. The first-order valence-corrected chi connectivity index (χ1v) is 7.40. The van der Waals surface area contributed by atoms with Gasteiger partial charge in [0, 0.05) is 12.6 Å². The third-order valence-electron chi connectivity index (χ3n) is 4.03. The van der Waals surface area contributed by atoms with E-state index in [0.717, 1.165) is 18.6 Å². The first-order valence-electron chi connectivity index (χ1n) is 7.40. The number of nitrogens with zero attached hydrogens (tertiary/aromatic N) is 2. The quantitative estimate of drug-likeness (QED) is 0.916. The van der Waals surface area contributed by atoms with Crippen LogP contribution in [0.15, 0.2) is 41.2 Å². The van der Waals surface area contributed by atoms with Crippen molar-refractivity contribution >= 4 is 5.91 Å². The number of rotatable bonds is 2. The Bertz CT molecular complexity index is 779. The Hall–Kier alpha value is -2.64. The molecule has 1 fully saturated rings. The third-order valence-corrected chi connectivity index (χ3v) is 4.03. The summed E-state index contributed by atoms with van der Waals surface area (Å²) < 4.78 is 38.0. The van der Waals surface area contributed by atoms with Crippen LogP contribution in [0.1, 0.15) is 40.5 Å². The van der Waals surface area contributed by atoms with Gasteiger partial charge in [0.2, 0.25) is 0 Å². The van der Waals surface area contributed by atoms with Crippen molar-refractivity contribution in [2.24, 2.45) is 0 Å². The minimum absolute atomic E-state index is 0.105. The van der Waals surface area contributed by atoms with Gasteiger partial charge in [0.05, 0.1) is 11.6 Å². The molecule has 1 aromatic heterocycles. The van der Waals surface area contributed by atoms with Crippen LogP contribution < -0.4 is 5.56 Å². The van der Waals surface area contributed by atoms with Gasteiger partial charge in [-0.2, -0.15) is 18.3 Å². The Morgan fingerprint density at radius 1 is 1.17 bits per heavy atom. The summed E-state index contributed by atoms with van der Waals surface area (Å²) in [7, 11) is 0. The van der Waals surface area contributed by atoms with Crippen LogP contribution in [-0.4, -0.2) is 27.5 Å². The lowest BCUT2D eigenvalue weighted by Gasteiger charge is -2.25. The number of aromatic nitrogens is 2. The zero-order chi connectivity index (χ0) is 17.3. The molecule has 126 valence electrons. The molecule has 0 aliphatic carbocycles. The number of nitrogens with one attached hydrogen (secondary N) is 1. The number of hydrogen-bond donors (Lipinski definition) is 1. The maximum absolute atomic E-state index is 12.7. The predicted molar refractivity (Wildman–Crippen MR) is 79.3 cm³/mol. The minimum Gasteiger partial charge on any atom is -0.330 e. The van der Waals surface area contributed by atoms with Crippen molar-refractivity contribution in [3.8, 4) is 0 Å². The molecule has 1 atom stereocenters. The van der Waals surface area contributed by atoms with E-state index in [0.29, 0.717) is 18.5 Å². The summed E-state index contributed by atoms with van der Waals surface area (Å²) in [4.78, 5) is 25.1. The number of carbonyl (C=O) groups is 1. The Kier molecular flexibility index (Phi) is 4.13. The van der Waals surface area contributed by atoms with E-state index in [2.05, 4.69) is 10.2 Å². The molecule has 24 heavy (non-hydrogen) atoms. The van der Waals surface area contributed by atoms with Crippen LogP contribution in [0.5, 0.6) is 0 Å².